The van der Waals surface area contributed by atoms with Gasteiger partial charge in [0.05, 0.1) is 13.2 Å². The maximum Gasteiger partial charge on any atom is 0.157 e. The highest BCUT2D eigenvalue weighted by atomic mass is 16.5. The van der Waals surface area contributed by atoms with Crippen LogP contribution in [-0.2, 0) is 17.7 Å². The Morgan fingerprint density at radius 1 is 1.04 bits per heavy atom. The van der Waals surface area contributed by atoms with E-state index < -0.39 is 0 Å². The van der Waals surface area contributed by atoms with Crippen LogP contribution >= 0.6 is 0 Å². The molecule has 1 fully saturated rings. The van der Waals surface area contributed by atoms with Crippen molar-refractivity contribution in [2.45, 2.75) is 33.2 Å². The van der Waals surface area contributed by atoms with Gasteiger partial charge in [-0.05, 0) is 30.9 Å². The second kappa shape index (κ2) is 8.84. The zero-order valence-electron chi connectivity index (χ0n) is 17.0. The summed E-state index contributed by atoms with van der Waals surface area (Å²) >= 11 is 0. The monoisotopic (exact) mass is 378 g/mol. The lowest BCUT2D eigenvalue weighted by atomic mass is 10.1. The lowest BCUT2D eigenvalue weighted by molar-refractivity contribution is 0.122. The highest BCUT2D eigenvalue weighted by Gasteiger charge is 2.19. The van der Waals surface area contributed by atoms with Gasteiger partial charge in [0.2, 0.25) is 0 Å². The fourth-order valence-corrected chi connectivity index (χ4v) is 3.77. The molecule has 5 heteroatoms. The van der Waals surface area contributed by atoms with Gasteiger partial charge in [-0.2, -0.15) is 0 Å². The van der Waals surface area contributed by atoms with E-state index >= 15 is 0 Å². The Morgan fingerprint density at radius 3 is 2.50 bits per heavy atom. The number of benzene rings is 1. The summed E-state index contributed by atoms with van der Waals surface area (Å²) in [5, 5.41) is 0. The Morgan fingerprint density at radius 2 is 1.82 bits per heavy atom. The Labute approximate surface area is 168 Å². The summed E-state index contributed by atoms with van der Waals surface area (Å²) in [5.41, 5.74) is 5.09. The SMILES string of the molecule is CCc1cc(N2CCOCC2)nc(C2=CCN(Cc3ccc(C)cc3)CC2)n1. The molecule has 0 aliphatic carbocycles. The van der Waals surface area contributed by atoms with Crippen LogP contribution in [0.1, 0.15) is 36.0 Å². The van der Waals surface area contributed by atoms with Crippen molar-refractivity contribution in [3.05, 3.63) is 59.1 Å². The number of morpholine rings is 1. The van der Waals surface area contributed by atoms with Crippen molar-refractivity contribution in [3.8, 4) is 0 Å². The van der Waals surface area contributed by atoms with E-state index in [1.54, 1.807) is 0 Å². The van der Waals surface area contributed by atoms with Gasteiger partial charge >= 0.3 is 0 Å². The van der Waals surface area contributed by atoms with E-state index in [0.29, 0.717) is 0 Å². The van der Waals surface area contributed by atoms with Gasteiger partial charge in [-0.3, -0.25) is 4.90 Å². The van der Waals surface area contributed by atoms with Gasteiger partial charge in [0, 0.05) is 44.5 Å². The molecule has 0 N–H and O–H groups in total. The van der Waals surface area contributed by atoms with Crippen LogP contribution in [0.3, 0.4) is 0 Å². The highest BCUT2D eigenvalue weighted by molar-refractivity contribution is 5.62. The van der Waals surface area contributed by atoms with Gasteiger partial charge in [0.15, 0.2) is 5.82 Å². The van der Waals surface area contributed by atoms with E-state index in [-0.39, 0.29) is 0 Å². The van der Waals surface area contributed by atoms with E-state index in [0.717, 1.165) is 76.1 Å². The molecule has 0 amide bonds. The molecule has 0 bridgehead atoms. The molecule has 2 aliphatic heterocycles. The first-order valence-electron chi connectivity index (χ1n) is 10.4. The fraction of sp³-hybridized carbons (Fsp3) is 0.478. The van der Waals surface area contributed by atoms with E-state index in [4.69, 9.17) is 14.7 Å². The smallest absolute Gasteiger partial charge is 0.157 e. The standard InChI is InChI=1S/C23H30N4O/c1-3-21-16-22(27-12-14-28-15-13-27)25-23(24-21)20-8-10-26(11-9-20)17-19-6-4-18(2)5-7-19/h4-8,16H,3,9-15,17H2,1-2H3. The Bertz CT molecular complexity index is 825. The number of anilines is 1. The van der Waals surface area contributed by atoms with Crippen molar-refractivity contribution in [2.75, 3.05) is 44.3 Å². The van der Waals surface area contributed by atoms with Crippen molar-refractivity contribution >= 4 is 11.4 Å². The molecule has 1 saturated heterocycles. The zero-order chi connectivity index (χ0) is 19.3. The topological polar surface area (TPSA) is 41.5 Å². The van der Waals surface area contributed by atoms with Crippen LogP contribution in [0, 0.1) is 6.92 Å². The summed E-state index contributed by atoms with van der Waals surface area (Å²) in [6.45, 7) is 10.7. The number of hydrogen-bond acceptors (Lipinski definition) is 5. The predicted molar refractivity (Wildman–Crippen MR) is 113 cm³/mol. The third-order valence-electron chi connectivity index (χ3n) is 5.57. The number of rotatable bonds is 5. The van der Waals surface area contributed by atoms with Crippen molar-refractivity contribution in [1.82, 2.24) is 14.9 Å². The number of ether oxygens (including phenoxy) is 1. The average Bonchev–Trinajstić information content (AvgIpc) is 2.76. The molecule has 0 atom stereocenters. The molecule has 2 aromatic rings. The summed E-state index contributed by atoms with van der Waals surface area (Å²) < 4.78 is 5.49. The summed E-state index contributed by atoms with van der Waals surface area (Å²) in [5.74, 6) is 1.96. The minimum atomic E-state index is 0.775. The van der Waals surface area contributed by atoms with Crippen LogP contribution in [0.5, 0.6) is 0 Å². The Kier molecular flexibility index (Phi) is 6.03. The van der Waals surface area contributed by atoms with Crippen LogP contribution in [0.25, 0.3) is 5.57 Å². The highest BCUT2D eigenvalue weighted by Crippen LogP contribution is 2.24. The first kappa shape index (κ1) is 19.1. The molecular formula is C23H30N4O. The molecule has 4 rings (SSSR count). The molecule has 0 radical (unpaired) electrons. The van der Waals surface area contributed by atoms with E-state index in [1.165, 1.54) is 16.7 Å². The summed E-state index contributed by atoms with van der Waals surface area (Å²) in [6, 6.07) is 11.0. The number of aromatic nitrogens is 2. The van der Waals surface area contributed by atoms with E-state index in [2.05, 4.69) is 60.1 Å². The maximum atomic E-state index is 5.49. The molecule has 1 aromatic heterocycles. The minimum absolute atomic E-state index is 0.775. The van der Waals surface area contributed by atoms with Crippen molar-refractivity contribution in [3.63, 3.8) is 0 Å². The van der Waals surface area contributed by atoms with Gasteiger partial charge in [0.1, 0.15) is 5.82 Å². The molecule has 1 aromatic carbocycles. The Hall–Kier alpha value is -2.24. The van der Waals surface area contributed by atoms with Gasteiger partial charge in [-0.1, -0.05) is 42.8 Å². The normalized spacial score (nSPS) is 18.2. The lowest BCUT2D eigenvalue weighted by Gasteiger charge is -2.29. The first-order valence-corrected chi connectivity index (χ1v) is 10.4. The summed E-state index contributed by atoms with van der Waals surface area (Å²) in [4.78, 5) is 14.6. The first-order chi connectivity index (χ1) is 13.7. The molecule has 28 heavy (non-hydrogen) atoms. The molecule has 0 saturated carbocycles. The Balaban J connectivity index is 1.47. The van der Waals surface area contributed by atoms with Crippen LogP contribution in [0.15, 0.2) is 36.4 Å². The van der Waals surface area contributed by atoms with Crippen LogP contribution in [-0.4, -0.2) is 54.3 Å². The van der Waals surface area contributed by atoms with Gasteiger partial charge in [-0.25, -0.2) is 9.97 Å². The number of hydrogen-bond donors (Lipinski definition) is 0. The molecule has 148 valence electrons. The third-order valence-corrected chi connectivity index (χ3v) is 5.57. The number of nitrogens with zero attached hydrogens (tertiary/aromatic N) is 4. The summed E-state index contributed by atoms with van der Waals surface area (Å²) in [6.07, 6.45) is 4.25. The molecule has 5 nitrogen and oxygen atoms in total. The number of aryl methyl sites for hydroxylation is 2. The third kappa shape index (κ3) is 4.59. The van der Waals surface area contributed by atoms with Gasteiger partial charge in [0.25, 0.3) is 0 Å². The van der Waals surface area contributed by atoms with Crippen molar-refractivity contribution in [1.29, 1.82) is 0 Å². The maximum absolute atomic E-state index is 5.49. The van der Waals surface area contributed by atoms with E-state index in [1.807, 2.05) is 0 Å². The fourth-order valence-electron chi connectivity index (χ4n) is 3.77. The predicted octanol–water partition coefficient (Wildman–Crippen LogP) is 3.47. The quantitative estimate of drug-likeness (QED) is 0.797. The molecule has 0 unspecified atom stereocenters. The largest absolute Gasteiger partial charge is 0.378 e. The molecular weight excluding hydrogens is 348 g/mol. The van der Waals surface area contributed by atoms with E-state index in [9.17, 15) is 0 Å². The molecule has 2 aliphatic rings. The minimum Gasteiger partial charge on any atom is -0.378 e. The van der Waals surface area contributed by atoms with Crippen LogP contribution in [0.4, 0.5) is 5.82 Å². The second-order valence-electron chi connectivity index (χ2n) is 7.69. The van der Waals surface area contributed by atoms with Gasteiger partial charge < -0.3 is 9.64 Å². The lowest BCUT2D eigenvalue weighted by Crippen LogP contribution is -2.37. The van der Waals surface area contributed by atoms with Crippen molar-refractivity contribution < 1.29 is 4.74 Å². The van der Waals surface area contributed by atoms with Crippen LogP contribution in [0.2, 0.25) is 0 Å². The molecule has 3 heterocycles. The second-order valence-corrected chi connectivity index (χ2v) is 7.69. The van der Waals surface area contributed by atoms with Gasteiger partial charge in [-0.15, -0.1) is 0 Å². The average molecular weight is 379 g/mol. The molecule has 0 spiro atoms. The van der Waals surface area contributed by atoms with Crippen LogP contribution < -0.4 is 4.90 Å². The van der Waals surface area contributed by atoms with Crippen molar-refractivity contribution in [2.24, 2.45) is 0 Å². The summed E-state index contributed by atoms with van der Waals surface area (Å²) in [7, 11) is 0. The zero-order valence-corrected chi connectivity index (χ0v) is 17.0.